The van der Waals surface area contributed by atoms with Crippen LogP contribution in [0.15, 0.2) is 0 Å². The summed E-state index contributed by atoms with van der Waals surface area (Å²) in [5.74, 6) is 0.910. The topological polar surface area (TPSA) is 35.6 Å². The second-order valence-electron chi connectivity index (χ2n) is 6.83. The summed E-state index contributed by atoms with van der Waals surface area (Å²) in [6.07, 6.45) is 4.45. The monoisotopic (exact) mass is 283 g/mol. The van der Waals surface area contributed by atoms with Crippen molar-refractivity contribution in [1.82, 2.24) is 15.1 Å². The van der Waals surface area contributed by atoms with E-state index in [9.17, 15) is 4.79 Å². The van der Waals surface area contributed by atoms with Crippen LogP contribution in [0.4, 0.5) is 0 Å². The van der Waals surface area contributed by atoms with Gasteiger partial charge < -0.3 is 9.80 Å². The zero-order valence-electron chi connectivity index (χ0n) is 14.1. The van der Waals surface area contributed by atoms with Crippen molar-refractivity contribution in [2.75, 3.05) is 20.6 Å². The van der Waals surface area contributed by atoms with Crippen LogP contribution in [0.5, 0.6) is 0 Å². The molecule has 1 N–H and O–H groups in total. The molecule has 0 spiro atoms. The van der Waals surface area contributed by atoms with E-state index >= 15 is 0 Å². The second kappa shape index (κ2) is 7.99. The lowest BCUT2D eigenvalue weighted by Gasteiger charge is -2.34. The van der Waals surface area contributed by atoms with Gasteiger partial charge in [-0.2, -0.15) is 0 Å². The minimum absolute atomic E-state index is 0.0294. The number of carbonyl (C=O) groups is 1. The molecule has 4 heteroatoms. The van der Waals surface area contributed by atoms with E-state index in [1.165, 1.54) is 0 Å². The Bertz CT molecular complexity index is 294. The van der Waals surface area contributed by atoms with Crippen LogP contribution < -0.4 is 5.32 Å². The standard InChI is InChI=1S/C16H33N3O/c1-7-8-9-15-16(20)19(13(4)17-15)14(10-12(2)3)11-18(5)6/h12-15,17H,7-11H2,1-6H3. The number of amides is 1. The Morgan fingerprint density at radius 3 is 2.50 bits per heavy atom. The van der Waals surface area contributed by atoms with Gasteiger partial charge in [0.2, 0.25) is 5.91 Å². The first-order valence-corrected chi connectivity index (χ1v) is 8.09. The molecule has 0 aromatic rings. The maximum atomic E-state index is 12.7. The van der Waals surface area contributed by atoms with Gasteiger partial charge in [0.05, 0.1) is 12.2 Å². The summed E-state index contributed by atoms with van der Waals surface area (Å²) < 4.78 is 0. The average Bonchev–Trinajstić information content (AvgIpc) is 2.59. The molecule has 1 rings (SSSR count). The number of hydrogen-bond donors (Lipinski definition) is 1. The molecule has 0 saturated carbocycles. The van der Waals surface area contributed by atoms with Crippen molar-refractivity contribution >= 4 is 5.91 Å². The van der Waals surface area contributed by atoms with Crippen LogP contribution in [0.1, 0.15) is 53.4 Å². The maximum Gasteiger partial charge on any atom is 0.241 e. The molecule has 0 radical (unpaired) electrons. The van der Waals surface area contributed by atoms with E-state index in [-0.39, 0.29) is 12.2 Å². The van der Waals surface area contributed by atoms with Crippen LogP contribution in [0, 0.1) is 5.92 Å². The normalized spacial score (nSPS) is 25.0. The number of nitrogens with one attached hydrogen (secondary N) is 1. The Morgan fingerprint density at radius 2 is 2.00 bits per heavy atom. The van der Waals surface area contributed by atoms with Gasteiger partial charge in [-0.1, -0.05) is 33.6 Å². The molecule has 1 amide bonds. The fourth-order valence-electron chi connectivity index (χ4n) is 3.17. The van der Waals surface area contributed by atoms with Crippen LogP contribution in [0.25, 0.3) is 0 Å². The molecule has 0 aliphatic carbocycles. The smallest absolute Gasteiger partial charge is 0.241 e. The number of nitrogens with zero attached hydrogens (tertiary/aromatic N) is 2. The van der Waals surface area contributed by atoms with E-state index in [2.05, 4.69) is 56.9 Å². The average molecular weight is 283 g/mol. The van der Waals surface area contributed by atoms with Crippen LogP contribution in [0.2, 0.25) is 0 Å². The van der Waals surface area contributed by atoms with Crippen molar-refractivity contribution in [3.05, 3.63) is 0 Å². The molecular weight excluding hydrogens is 250 g/mol. The largest absolute Gasteiger partial charge is 0.322 e. The molecule has 4 nitrogen and oxygen atoms in total. The molecule has 1 saturated heterocycles. The van der Waals surface area contributed by atoms with E-state index in [1.54, 1.807) is 0 Å². The molecule has 1 aliphatic heterocycles. The summed E-state index contributed by atoms with van der Waals surface area (Å²) in [6.45, 7) is 9.70. The highest BCUT2D eigenvalue weighted by molar-refractivity contribution is 5.84. The van der Waals surface area contributed by atoms with Crippen molar-refractivity contribution in [3.63, 3.8) is 0 Å². The van der Waals surface area contributed by atoms with Crippen molar-refractivity contribution in [2.24, 2.45) is 5.92 Å². The van der Waals surface area contributed by atoms with Gasteiger partial charge in [-0.05, 0) is 39.8 Å². The zero-order chi connectivity index (χ0) is 15.3. The second-order valence-corrected chi connectivity index (χ2v) is 6.83. The minimum Gasteiger partial charge on any atom is -0.322 e. The van der Waals surface area contributed by atoms with E-state index in [4.69, 9.17) is 0 Å². The third-order valence-corrected chi connectivity index (χ3v) is 3.97. The molecule has 3 unspecified atom stereocenters. The summed E-state index contributed by atoms with van der Waals surface area (Å²) >= 11 is 0. The van der Waals surface area contributed by atoms with Crippen LogP contribution in [0.3, 0.4) is 0 Å². The summed E-state index contributed by atoms with van der Waals surface area (Å²) in [6, 6.07) is 0.341. The fraction of sp³-hybridized carbons (Fsp3) is 0.938. The molecule has 20 heavy (non-hydrogen) atoms. The molecular formula is C16H33N3O. The highest BCUT2D eigenvalue weighted by Gasteiger charge is 2.39. The van der Waals surface area contributed by atoms with E-state index in [1.807, 2.05) is 0 Å². The van der Waals surface area contributed by atoms with E-state index in [0.717, 1.165) is 32.2 Å². The number of hydrogen-bond acceptors (Lipinski definition) is 3. The van der Waals surface area contributed by atoms with E-state index in [0.29, 0.717) is 17.9 Å². The number of unbranched alkanes of at least 4 members (excludes halogenated alkanes) is 1. The summed E-state index contributed by atoms with van der Waals surface area (Å²) in [5, 5.41) is 3.47. The summed E-state index contributed by atoms with van der Waals surface area (Å²) in [5.41, 5.74) is 0. The molecule has 0 aromatic heterocycles. The lowest BCUT2D eigenvalue weighted by Crippen LogP contribution is -2.48. The van der Waals surface area contributed by atoms with Gasteiger partial charge in [0.25, 0.3) is 0 Å². The molecule has 1 heterocycles. The fourth-order valence-corrected chi connectivity index (χ4v) is 3.17. The Morgan fingerprint density at radius 1 is 1.35 bits per heavy atom. The van der Waals surface area contributed by atoms with Gasteiger partial charge in [-0.3, -0.25) is 10.1 Å². The third kappa shape index (κ3) is 4.74. The van der Waals surface area contributed by atoms with Crippen molar-refractivity contribution < 1.29 is 4.79 Å². The Balaban J connectivity index is 2.75. The molecule has 3 atom stereocenters. The summed E-state index contributed by atoms with van der Waals surface area (Å²) in [4.78, 5) is 17.0. The molecule has 1 fully saturated rings. The van der Waals surface area contributed by atoms with Gasteiger partial charge >= 0.3 is 0 Å². The third-order valence-electron chi connectivity index (χ3n) is 3.97. The molecule has 0 aromatic carbocycles. The van der Waals surface area contributed by atoms with Crippen molar-refractivity contribution in [3.8, 4) is 0 Å². The van der Waals surface area contributed by atoms with Crippen LogP contribution in [-0.2, 0) is 4.79 Å². The Labute approximate surface area is 124 Å². The highest BCUT2D eigenvalue weighted by Crippen LogP contribution is 2.22. The lowest BCUT2D eigenvalue weighted by atomic mass is 10.0. The lowest BCUT2D eigenvalue weighted by molar-refractivity contribution is -0.132. The van der Waals surface area contributed by atoms with Gasteiger partial charge in [0, 0.05) is 12.6 Å². The van der Waals surface area contributed by atoms with Crippen molar-refractivity contribution in [2.45, 2.75) is 71.6 Å². The van der Waals surface area contributed by atoms with Crippen molar-refractivity contribution in [1.29, 1.82) is 0 Å². The number of rotatable bonds is 8. The minimum atomic E-state index is 0.0294. The Hall–Kier alpha value is -0.610. The van der Waals surface area contributed by atoms with Gasteiger partial charge in [0.1, 0.15) is 0 Å². The van der Waals surface area contributed by atoms with Crippen LogP contribution >= 0.6 is 0 Å². The molecule has 118 valence electrons. The Kier molecular flexibility index (Phi) is 6.96. The number of likely N-dealkylation sites (N-methyl/N-ethyl adjacent to an activating group) is 1. The predicted molar refractivity (Wildman–Crippen MR) is 84.6 cm³/mol. The van der Waals surface area contributed by atoms with Crippen LogP contribution in [-0.4, -0.2) is 54.6 Å². The molecule has 1 aliphatic rings. The first-order valence-electron chi connectivity index (χ1n) is 8.09. The number of carbonyl (C=O) groups excluding carboxylic acids is 1. The quantitative estimate of drug-likeness (QED) is 0.742. The zero-order valence-corrected chi connectivity index (χ0v) is 14.1. The molecule has 0 bridgehead atoms. The van der Waals surface area contributed by atoms with E-state index < -0.39 is 0 Å². The first-order chi connectivity index (χ1) is 9.36. The maximum absolute atomic E-state index is 12.7. The highest BCUT2D eigenvalue weighted by atomic mass is 16.2. The SMILES string of the molecule is CCCCC1NC(C)N(C(CC(C)C)CN(C)C)C1=O. The predicted octanol–water partition coefficient (Wildman–Crippen LogP) is 2.30. The van der Waals surface area contributed by atoms with Gasteiger partial charge in [-0.15, -0.1) is 0 Å². The first kappa shape index (κ1) is 17.4. The van der Waals surface area contributed by atoms with Gasteiger partial charge in [-0.25, -0.2) is 0 Å². The summed E-state index contributed by atoms with van der Waals surface area (Å²) in [7, 11) is 4.17. The van der Waals surface area contributed by atoms with Gasteiger partial charge in [0.15, 0.2) is 0 Å².